The monoisotopic (exact) mass is 282 g/mol. The third kappa shape index (κ3) is 2.07. The van der Waals surface area contributed by atoms with Gasteiger partial charge in [0.05, 0.1) is 0 Å². The van der Waals surface area contributed by atoms with Crippen molar-refractivity contribution < 1.29 is 0 Å². The largest absolute Gasteiger partial charge is 0.361 e. The van der Waals surface area contributed by atoms with Crippen LogP contribution in [-0.2, 0) is 13.0 Å². The molecule has 2 heterocycles. The molecule has 1 aliphatic carbocycles. The minimum absolute atomic E-state index is 0.527. The Balaban J connectivity index is 1.54. The van der Waals surface area contributed by atoms with Gasteiger partial charge in [-0.15, -0.1) is 11.3 Å². The van der Waals surface area contributed by atoms with Crippen LogP contribution in [0.1, 0.15) is 34.9 Å². The fourth-order valence-electron chi connectivity index (χ4n) is 3.21. The van der Waals surface area contributed by atoms with Gasteiger partial charge in [0.2, 0.25) is 0 Å². The van der Waals surface area contributed by atoms with Gasteiger partial charge in [-0.1, -0.05) is 18.2 Å². The van der Waals surface area contributed by atoms with Crippen LogP contribution in [-0.4, -0.2) is 4.98 Å². The van der Waals surface area contributed by atoms with Gasteiger partial charge in [-0.05, 0) is 47.9 Å². The molecule has 4 rings (SSSR count). The number of aromatic nitrogens is 1. The summed E-state index contributed by atoms with van der Waals surface area (Å²) in [6.07, 6.45) is 5.96. The number of hydrogen-bond donors (Lipinski definition) is 2. The molecule has 0 bridgehead atoms. The second kappa shape index (κ2) is 5.08. The highest BCUT2D eigenvalue weighted by atomic mass is 32.1. The summed E-state index contributed by atoms with van der Waals surface area (Å²) in [5, 5.41) is 7.31. The molecule has 1 aromatic carbocycles. The standard InChI is InChI=1S/C17H18N2S/c1-2-5-15-13(4-1)12(10-18-15)11-19-16-6-3-7-17-14(16)8-9-20-17/h1-2,4-5,8-10,16,18-19H,3,6-7,11H2. The molecule has 0 saturated heterocycles. The SMILES string of the molecule is c1ccc2c(CNC3CCCc4sccc43)c[nH]c2c1. The number of fused-ring (bicyclic) bond motifs is 2. The lowest BCUT2D eigenvalue weighted by Gasteiger charge is -2.23. The third-order valence-corrected chi connectivity index (χ3v) is 5.26. The molecule has 0 amide bonds. The van der Waals surface area contributed by atoms with E-state index in [-0.39, 0.29) is 0 Å². The maximum Gasteiger partial charge on any atom is 0.0457 e. The van der Waals surface area contributed by atoms with E-state index in [0.29, 0.717) is 6.04 Å². The molecule has 102 valence electrons. The first kappa shape index (κ1) is 12.2. The van der Waals surface area contributed by atoms with Crippen LogP contribution in [0.2, 0.25) is 0 Å². The molecule has 20 heavy (non-hydrogen) atoms. The van der Waals surface area contributed by atoms with Crippen LogP contribution < -0.4 is 5.32 Å². The number of aromatic amines is 1. The van der Waals surface area contributed by atoms with Gasteiger partial charge >= 0.3 is 0 Å². The number of aryl methyl sites for hydroxylation is 1. The highest BCUT2D eigenvalue weighted by Gasteiger charge is 2.20. The number of para-hydroxylation sites is 1. The lowest BCUT2D eigenvalue weighted by Crippen LogP contribution is -2.23. The number of thiophene rings is 1. The lowest BCUT2D eigenvalue weighted by molar-refractivity contribution is 0.464. The van der Waals surface area contributed by atoms with Gasteiger partial charge in [0.15, 0.2) is 0 Å². The minimum Gasteiger partial charge on any atom is -0.361 e. The zero-order valence-corrected chi connectivity index (χ0v) is 12.2. The molecule has 3 heteroatoms. The fourth-order valence-corrected chi connectivity index (χ4v) is 4.20. The van der Waals surface area contributed by atoms with E-state index in [1.807, 2.05) is 11.3 Å². The summed E-state index contributed by atoms with van der Waals surface area (Å²) in [5.74, 6) is 0. The zero-order valence-electron chi connectivity index (χ0n) is 11.4. The molecule has 1 aliphatic rings. The van der Waals surface area contributed by atoms with E-state index in [4.69, 9.17) is 0 Å². The Kier molecular flexibility index (Phi) is 3.09. The van der Waals surface area contributed by atoms with E-state index in [1.165, 1.54) is 41.3 Å². The summed E-state index contributed by atoms with van der Waals surface area (Å²) in [4.78, 5) is 4.93. The average molecular weight is 282 g/mol. The van der Waals surface area contributed by atoms with Gasteiger partial charge in [-0.2, -0.15) is 0 Å². The number of benzene rings is 1. The fraction of sp³-hybridized carbons (Fsp3) is 0.294. The molecule has 2 nitrogen and oxygen atoms in total. The predicted molar refractivity (Wildman–Crippen MR) is 85.1 cm³/mol. The van der Waals surface area contributed by atoms with Crippen molar-refractivity contribution in [1.29, 1.82) is 0 Å². The maximum absolute atomic E-state index is 3.75. The molecular formula is C17H18N2S. The van der Waals surface area contributed by atoms with Crippen LogP contribution in [0.4, 0.5) is 0 Å². The van der Waals surface area contributed by atoms with Crippen LogP contribution in [0.5, 0.6) is 0 Å². The van der Waals surface area contributed by atoms with E-state index in [1.54, 1.807) is 4.88 Å². The Morgan fingerprint density at radius 3 is 3.20 bits per heavy atom. The number of rotatable bonds is 3. The topological polar surface area (TPSA) is 27.8 Å². The van der Waals surface area contributed by atoms with E-state index in [2.05, 4.69) is 52.2 Å². The molecule has 0 saturated carbocycles. The van der Waals surface area contributed by atoms with E-state index >= 15 is 0 Å². The van der Waals surface area contributed by atoms with E-state index < -0.39 is 0 Å². The lowest BCUT2D eigenvalue weighted by atomic mass is 9.94. The summed E-state index contributed by atoms with van der Waals surface area (Å²) in [6, 6.07) is 11.3. The first-order valence-corrected chi connectivity index (χ1v) is 8.14. The summed E-state index contributed by atoms with van der Waals surface area (Å²) in [6.45, 7) is 0.934. The van der Waals surface area contributed by atoms with Gasteiger partial charge in [-0.3, -0.25) is 0 Å². The van der Waals surface area contributed by atoms with Crippen LogP contribution in [0.15, 0.2) is 41.9 Å². The minimum atomic E-state index is 0.527. The van der Waals surface area contributed by atoms with Gasteiger partial charge in [0, 0.05) is 34.6 Å². The molecule has 0 fully saturated rings. The smallest absolute Gasteiger partial charge is 0.0457 e. The van der Waals surface area contributed by atoms with Crippen molar-refractivity contribution in [3.8, 4) is 0 Å². The zero-order chi connectivity index (χ0) is 13.4. The van der Waals surface area contributed by atoms with Crippen molar-refractivity contribution in [2.45, 2.75) is 31.8 Å². The number of hydrogen-bond acceptors (Lipinski definition) is 2. The second-order valence-corrected chi connectivity index (χ2v) is 6.48. The predicted octanol–water partition coefficient (Wildman–Crippen LogP) is 4.40. The van der Waals surface area contributed by atoms with Crippen molar-refractivity contribution >= 4 is 22.2 Å². The van der Waals surface area contributed by atoms with Crippen molar-refractivity contribution in [3.05, 3.63) is 57.9 Å². The van der Waals surface area contributed by atoms with Crippen molar-refractivity contribution in [2.24, 2.45) is 0 Å². The molecule has 0 radical (unpaired) electrons. The molecular weight excluding hydrogens is 264 g/mol. The van der Waals surface area contributed by atoms with Crippen molar-refractivity contribution in [1.82, 2.24) is 10.3 Å². The Hall–Kier alpha value is -1.58. The van der Waals surface area contributed by atoms with Crippen LogP contribution in [0.25, 0.3) is 10.9 Å². The van der Waals surface area contributed by atoms with E-state index in [9.17, 15) is 0 Å². The van der Waals surface area contributed by atoms with Gasteiger partial charge < -0.3 is 10.3 Å². The van der Waals surface area contributed by atoms with Gasteiger partial charge in [-0.25, -0.2) is 0 Å². The Bertz CT molecular complexity index is 725. The van der Waals surface area contributed by atoms with Crippen molar-refractivity contribution in [2.75, 3.05) is 0 Å². The molecule has 1 unspecified atom stereocenters. The summed E-state index contributed by atoms with van der Waals surface area (Å²) < 4.78 is 0. The number of nitrogens with one attached hydrogen (secondary N) is 2. The van der Waals surface area contributed by atoms with Gasteiger partial charge in [0.25, 0.3) is 0 Å². The van der Waals surface area contributed by atoms with Crippen LogP contribution >= 0.6 is 11.3 Å². The first-order valence-electron chi connectivity index (χ1n) is 7.26. The maximum atomic E-state index is 3.75. The summed E-state index contributed by atoms with van der Waals surface area (Å²) in [7, 11) is 0. The molecule has 3 aromatic rings. The highest BCUT2D eigenvalue weighted by Crippen LogP contribution is 2.33. The highest BCUT2D eigenvalue weighted by molar-refractivity contribution is 7.10. The summed E-state index contributed by atoms with van der Waals surface area (Å²) in [5.41, 5.74) is 4.12. The molecule has 0 spiro atoms. The van der Waals surface area contributed by atoms with Crippen LogP contribution in [0, 0.1) is 0 Å². The van der Waals surface area contributed by atoms with Gasteiger partial charge in [0.1, 0.15) is 0 Å². The number of H-pyrrole nitrogens is 1. The normalized spacial score (nSPS) is 18.3. The Morgan fingerprint density at radius 2 is 2.20 bits per heavy atom. The molecule has 2 N–H and O–H groups in total. The summed E-state index contributed by atoms with van der Waals surface area (Å²) >= 11 is 1.91. The Labute approximate surface area is 122 Å². The first-order chi connectivity index (χ1) is 9.92. The third-order valence-electron chi connectivity index (χ3n) is 4.27. The second-order valence-electron chi connectivity index (χ2n) is 5.48. The van der Waals surface area contributed by atoms with E-state index in [0.717, 1.165) is 6.54 Å². The Morgan fingerprint density at radius 1 is 1.25 bits per heavy atom. The van der Waals surface area contributed by atoms with Crippen LogP contribution in [0.3, 0.4) is 0 Å². The molecule has 2 aromatic heterocycles. The average Bonchev–Trinajstić information content (AvgIpc) is 3.12. The molecule has 0 aliphatic heterocycles. The van der Waals surface area contributed by atoms with Crippen molar-refractivity contribution in [3.63, 3.8) is 0 Å². The molecule has 1 atom stereocenters. The quantitative estimate of drug-likeness (QED) is 0.732.